The van der Waals surface area contributed by atoms with E-state index in [2.05, 4.69) is 9.97 Å². The molecular weight excluding hydrogens is 341 g/mol. The first-order valence-corrected chi connectivity index (χ1v) is 9.27. The maximum absolute atomic E-state index is 13.1. The van der Waals surface area contributed by atoms with Gasteiger partial charge in [0.2, 0.25) is 0 Å². The van der Waals surface area contributed by atoms with Crippen LogP contribution in [-0.2, 0) is 0 Å². The number of halogens is 1. The summed E-state index contributed by atoms with van der Waals surface area (Å²) in [6.07, 6.45) is 3.70. The van der Waals surface area contributed by atoms with E-state index in [0.29, 0.717) is 11.5 Å². The van der Waals surface area contributed by atoms with E-state index in [1.165, 1.54) is 12.1 Å². The topological polar surface area (TPSA) is 49.0 Å². The number of nitrogens with zero attached hydrogens (tertiary/aromatic N) is 2. The summed E-state index contributed by atoms with van der Waals surface area (Å²) >= 11 is 0. The molecule has 0 unspecified atom stereocenters. The minimum Gasteiger partial charge on any atom is -0.346 e. The molecule has 3 aromatic rings. The van der Waals surface area contributed by atoms with Crippen molar-refractivity contribution in [1.29, 1.82) is 0 Å². The van der Waals surface area contributed by atoms with Crippen molar-refractivity contribution in [3.05, 3.63) is 77.6 Å². The van der Waals surface area contributed by atoms with E-state index in [1.807, 2.05) is 42.3 Å². The van der Waals surface area contributed by atoms with Gasteiger partial charge in [0.05, 0.1) is 0 Å². The molecule has 1 aliphatic heterocycles. The molecule has 138 valence electrons. The molecule has 2 heterocycles. The average Bonchev–Trinajstić information content (AvgIpc) is 3.15. The second kappa shape index (κ2) is 7.35. The molecule has 1 N–H and O–H groups in total. The van der Waals surface area contributed by atoms with E-state index < -0.39 is 0 Å². The molecule has 0 radical (unpaired) electrons. The van der Waals surface area contributed by atoms with Crippen molar-refractivity contribution in [3.8, 4) is 11.1 Å². The number of aromatic amines is 1. The van der Waals surface area contributed by atoms with E-state index in [-0.39, 0.29) is 11.7 Å². The highest BCUT2D eigenvalue weighted by molar-refractivity contribution is 5.94. The normalized spacial score (nSPS) is 15.1. The Morgan fingerprint density at radius 1 is 1.04 bits per heavy atom. The molecule has 1 amide bonds. The van der Waals surface area contributed by atoms with Crippen LogP contribution >= 0.6 is 0 Å². The third-order valence-electron chi connectivity index (χ3n) is 5.20. The Bertz CT molecular complexity index is 923. The second-order valence-corrected chi connectivity index (χ2v) is 7.10. The van der Waals surface area contributed by atoms with Gasteiger partial charge in [0.15, 0.2) is 0 Å². The Labute approximate surface area is 158 Å². The van der Waals surface area contributed by atoms with E-state index in [4.69, 9.17) is 0 Å². The Kier molecular flexibility index (Phi) is 4.75. The summed E-state index contributed by atoms with van der Waals surface area (Å²) in [5.41, 5.74) is 3.67. The van der Waals surface area contributed by atoms with Gasteiger partial charge in [-0.3, -0.25) is 4.79 Å². The Morgan fingerprint density at radius 2 is 1.63 bits per heavy atom. The standard InChI is InChI=1S/C22H22FN3O/c1-15-14-24-21(25-15)18-10-12-26(13-11-18)22(27)19-4-2-16(3-5-19)17-6-8-20(23)9-7-17/h2-9,14,18H,10-13H2,1H3,(H,24,25). The number of aryl methyl sites for hydroxylation is 1. The summed E-state index contributed by atoms with van der Waals surface area (Å²) in [6.45, 7) is 3.48. The van der Waals surface area contributed by atoms with Crippen LogP contribution in [0.5, 0.6) is 0 Å². The lowest BCUT2D eigenvalue weighted by molar-refractivity contribution is 0.0711. The van der Waals surface area contributed by atoms with Crippen LogP contribution in [0.3, 0.4) is 0 Å². The molecule has 0 aliphatic carbocycles. The Morgan fingerprint density at radius 3 is 2.19 bits per heavy atom. The fourth-order valence-corrected chi connectivity index (χ4v) is 3.63. The van der Waals surface area contributed by atoms with Crippen LogP contribution in [0.15, 0.2) is 54.7 Å². The predicted molar refractivity (Wildman–Crippen MR) is 103 cm³/mol. The van der Waals surface area contributed by atoms with E-state index in [1.54, 1.807) is 12.1 Å². The second-order valence-electron chi connectivity index (χ2n) is 7.10. The number of H-pyrrole nitrogens is 1. The summed E-state index contributed by atoms with van der Waals surface area (Å²) in [4.78, 5) is 22.4. The first-order chi connectivity index (χ1) is 13.1. The molecule has 2 aromatic carbocycles. The van der Waals surface area contributed by atoms with Gasteiger partial charge in [0.25, 0.3) is 5.91 Å². The molecule has 0 bridgehead atoms. The molecule has 1 saturated heterocycles. The van der Waals surface area contributed by atoms with Crippen molar-refractivity contribution in [2.45, 2.75) is 25.7 Å². The molecule has 1 aromatic heterocycles. The van der Waals surface area contributed by atoms with Gasteiger partial charge in [-0.25, -0.2) is 9.37 Å². The SMILES string of the molecule is Cc1cnc(C2CCN(C(=O)c3ccc(-c4ccc(F)cc4)cc3)CC2)[nH]1. The zero-order chi connectivity index (χ0) is 18.8. The van der Waals surface area contributed by atoms with Crippen LogP contribution in [0.25, 0.3) is 11.1 Å². The smallest absolute Gasteiger partial charge is 0.253 e. The van der Waals surface area contributed by atoms with Crippen LogP contribution < -0.4 is 0 Å². The number of carbonyl (C=O) groups is 1. The maximum Gasteiger partial charge on any atom is 0.253 e. The lowest BCUT2D eigenvalue weighted by Crippen LogP contribution is -2.38. The lowest BCUT2D eigenvalue weighted by Gasteiger charge is -2.31. The number of imidazole rings is 1. The number of piperidine rings is 1. The van der Waals surface area contributed by atoms with Crippen molar-refractivity contribution in [1.82, 2.24) is 14.9 Å². The molecule has 1 aliphatic rings. The zero-order valence-electron chi connectivity index (χ0n) is 15.3. The maximum atomic E-state index is 13.1. The van der Waals surface area contributed by atoms with Crippen molar-refractivity contribution >= 4 is 5.91 Å². The summed E-state index contributed by atoms with van der Waals surface area (Å²) in [7, 11) is 0. The van der Waals surface area contributed by atoms with Crippen LogP contribution in [-0.4, -0.2) is 33.9 Å². The summed E-state index contributed by atoms with van der Waals surface area (Å²) in [6, 6.07) is 13.9. The van der Waals surface area contributed by atoms with Crippen molar-refractivity contribution < 1.29 is 9.18 Å². The first kappa shape index (κ1) is 17.5. The molecule has 0 saturated carbocycles. The Hall–Kier alpha value is -2.95. The van der Waals surface area contributed by atoms with Gasteiger partial charge in [-0.05, 0) is 55.2 Å². The van der Waals surface area contributed by atoms with Gasteiger partial charge in [-0.15, -0.1) is 0 Å². The quantitative estimate of drug-likeness (QED) is 0.742. The van der Waals surface area contributed by atoms with Crippen LogP contribution in [0, 0.1) is 12.7 Å². The van der Waals surface area contributed by atoms with E-state index in [9.17, 15) is 9.18 Å². The van der Waals surface area contributed by atoms with Crippen LogP contribution in [0.1, 0.15) is 40.6 Å². The number of hydrogen-bond acceptors (Lipinski definition) is 2. The minimum atomic E-state index is -0.251. The molecule has 0 atom stereocenters. The fraction of sp³-hybridized carbons (Fsp3) is 0.273. The third kappa shape index (κ3) is 3.77. The Balaban J connectivity index is 1.40. The molecular formula is C22H22FN3O. The van der Waals surface area contributed by atoms with Gasteiger partial charge in [-0.1, -0.05) is 24.3 Å². The number of hydrogen-bond donors (Lipinski definition) is 1. The lowest BCUT2D eigenvalue weighted by atomic mass is 9.95. The molecule has 27 heavy (non-hydrogen) atoms. The number of likely N-dealkylation sites (tertiary alicyclic amines) is 1. The monoisotopic (exact) mass is 363 g/mol. The van der Waals surface area contributed by atoms with Gasteiger partial charge in [0.1, 0.15) is 11.6 Å². The first-order valence-electron chi connectivity index (χ1n) is 9.27. The largest absolute Gasteiger partial charge is 0.346 e. The summed E-state index contributed by atoms with van der Waals surface area (Å²) in [5.74, 6) is 1.24. The number of aromatic nitrogens is 2. The molecule has 5 heteroatoms. The number of amides is 1. The minimum absolute atomic E-state index is 0.0646. The van der Waals surface area contributed by atoms with Crippen molar-refractivity contribution in [2.75, 3.05) is 13.1 Å². The zero-order valence-corrected chi connectivity index (χ0v) is 15.3. The van der Waals surface area contributed by atoms with Crippen molar-refractivity contribution in [3.63, 3.8) is 0 Å². The molecule has 4 rings (SSSR count). The predicted octanol–water partition coefficient (Wildman–Crippen LogP) is 4.54. The number of benzene rings is 2. The third-order valence-corrected chi connectivity index (χ3v) is 5.20. The van der Waals surface area contributed by atoms with E-state index >= 15 is 0 Å². The highest BCUT2D eigenvalue weighted by Gasteiger charge is 2.26. The molecule has 0 spiro atoms. The van der Waals surface area contributed by atoms with Gasteiger partial charge in [0, 0.05) is 36.5 Å². The van der Waals surface area contributed by atoms with Crippen molar-refractivity contribution in [2.24, 2.45) is 0 Å². The number of rotatable bonds is 3. The van der Waals surface area contributed by atoms with E-state index in [0.717, 1.165) is 48.6 Å². The van der Waals surface area contributed by atoms with Gasteiger partial charge < -0.3 is 9.88 Å². The molecule has 4 nitrogen and oxygen atoms in total. The molecule has 1 fully saturated rings. The highest BCUT2D eigenvalue weighted by Crippen LogP contribution is 2.27. The summed E-state index contributed by atoms with van der Waals surface area (Å²) in [5, 5.41) is 0. The van der Waals surface area contributed by atoms with Crippen LogP contribution in [0.4, 0.5) is 4.39 Å². The highest BCUT2D eigenvalue weighted by atomic mass is 19.1. The van der Waals surface area contributed by atoms with Crippen LogP contribution in [0.2, 0.25) is 0 Å². The van der Waals surface area contributed by atoms with Gasteiger partial charge >= 0.3 is 0 Å². The van der Waals surface area contributed by atoms with Gasteiger partial charge in [-0.2, -0.15) is 0 Å². The average molecular weight is 363 g/mol. The summed E-state index contributed by atoms with van der Waals surface area (Å²) < 4.78 is 13.1. The fourth-order valence-electron chi connectivity index (χ4n) is 3.63. The number of nitrogens with one attached hydrogen (secondary N) is 1. The number of carbonyl (C=O) groups excluding carboxylic acids is 1.